The molecular formula is C22H22ClIN6O2. The Morgan fingerprint density at radius 2 is 1.66 bits per heavy atom. The lowest BCUT2D eigenvalue weighted by Gasteiger charge is -2.08. The van der Waals surface area contributed by atoms with Crippen molar-refractivity contribution in [3.05, 3.63) is 77.0 Å². The minimum absolute atomic E-state index is 0. The Labute approximate surface area is 207 Å². The lowest BCUT2D eigenvalue weighted by atomic mass is 10.1. The third-order valence-corrected chi connectivity index (χ3v) is 4.74. The molecule has 0 radical (unpaired) electrons. The van der Waals surface area contributed by atoms with Crippen molar-refractivity contribution < 1.29 is 8.94 Å². The van der Waals surface area contributed by atoms with Gasteiger partial charge in [-0.3, -0.25) is 4.99 Å². The van der Waals surface area contributed by atoms with Crippen LogP contribution in [-0.2, 0) is 13.1 Å². The molecular weight excluding hydrogens is 543 g/mol. The third-order valence-electron chi connectivity index (χ3n) is 4.49. The first-order valence-corrected chi connectivity index (χ1v) is 10.0. The van der Waals surface area contributed by atoms with Crippen LogP contribution in [0.15, 0.2) is 68.7 Å². The number of halogens is 2. The minimum Gasteiger partial charge on any atom is -0.444 e. The molecule has 4 aromatic rings. The topological polar surface area (TPSA) is 101 Å². The maximum Gasteiger partial charge on any atom is 0.246 e. The molecule has 0 saturated carbocycles. The summed E-state index contributed by atoms with van der Waals surface area (Å²) in [5.74, 6) is 2.10. The van der Waals surface area contributed by atoms with Gasteiger partial charge in [-0.15, -0.1) is 24.0 Å². The summed E-state index contributed by atoms with van der Waals surface area (Å²) < 4.78 is 10.9. The molecule has 2 aromatic heterocycles. The number of aromatic nitrogens is 3. The largest absolute Gasteiger partial charge is 0.444 e. The van der Waals surface area contributed by atoms with Crippen molar-refractivity contribution in [2.75, 3.05) is 7.05 Å². The second-order valence-electron chi connectivity index (χ2n) is 6.81. The van der Waals surface area contributed by atoms with Crippen LogP contribution in [0.4, 0.5) is 0 Å². The number of hydrogen-bond acceptors (Lipinski definition) is 6. The molecule has 0 spiro atoms. The second kappa shape index (κ2) is 11.1. The summed E-state index contributed by atoms with van der Waals surface area (Å²) in [5.41, 5.74) is 3.72. The van der Waals surface area contributed by atoms with Crippen LogP contribution in [0.25, 0.3) is 22.8 Å². The Bertz CT molecular complexity index is 1080. The van der Waals surface area contributed by atoms with Crippen LogP contribution in [0.2, 0.25) is 5.02 Å². The average Bonchev–Trinajstić information content (AvgIpc) is 3.45. The molecule has 32 heavy (non-hydrogen) atoms. The molecule has 2 N–H and O–H groups in total. The summed E-state index contributed by atoms with van der Waals surface area (Å²) in [4.78, 5) is 13.1. The van der Waals surface area contributed by atoms with E-state index in [0.29, 0.717) is 41.7 Å². The number of aryl methyl sites for hydroxylation is 1. The molecule has 0 fully saturated rings. The van der Waals surface area contributed by atoms with E-state index in [1.54, 1.807) is 25.4 Å². The fourth-order valence-corrected chi connectivity index (χ4v) is 2.94. The molecule has 0 saturated heterocycles. The van der Waals surface area contributed by atoms with E-state index in [0.717, 1.165) is 16.8 Å². The van der Waals surface area contributed by atoms with Crippen molar-refractivity contribution in [3.63, 3.8) is 0 Å². The molecule has 0 atom stereocenters. The Hall–Kier alpha value is -2.92. The number of nitrogens with zero attached hydrogens (tertiary/aromatic N) is 4. The van der Waals surface area contributed by atoms with E-state index in [-0.39, 0.29) is 24.0 Å². The number of hydrogen-bond donors (Lipinski definition) is 2. The SMILES string of the molecule is CN=C(NCc1coc(-c2ccc(C)cc2)n1)NCc1nc(-c2ccc(Cl)cc2)no1.I. The first kappa shape index (κ1) is 23.7. The fourth-order valence-electron chi connectivity index (χ4n) is 2.81. The van der Waals surface area contributed by atoms with Gasteiger partial charge in [0.2, 0.25) is 17.6 Å². The van der Waals surface area contributed by atoms with Gasteiger partial charge >= 0.3 is 0 Å². The molecule has 4 rings (SSSR count). The van der Waals surface area contributed by atoms with Gasteiger partial charge in [0.25, 0.3) is 0 Å². The lowest BCUT2D eigenvalue weighted by Crippen LogP contribution is -2.36. The predicted molar refractivity (Wildman–Crippen MR) is 134 cm³/mol. The number of nitrogens with one attached hydrogen (secondary N) is 2. The highest BCUT2D eigenvalue weighted by molar-refractivity contribution is 14.0. The molecule has 0 aliphatic heterocycles. The van der Waals surface area contributed by atoms with E-state index in [9.17, 15) is 0 Å². The zero-order valence-corrected chi connectivity index (χ0v) is 20.6. The highest BCUT2D eigenvalue weighted by Gasteiger charge is 2.10. The van der Waals surface area contributed by atoms with E-state index in [4.69, 9.17) is 20.5 Å². The van der Waals surface area contributed by atoms with Gasteiger partial charge < -0.3 is 19.6 Å². The van der Waals surface area contributed by atoms with Crippen LogP contribution in [0, 0.1) is 6.92 Å². The molecule has 8 nitrogen and oxygen atoms in total. The molecule has 0 bridgehead atoms. The number of oxazole rings is 1. The van der Waals surface area contributed by atoms with Gasteiger partial charge in [-0.1, -0.05) is 34.5 Å². The zero-order valence-electron chi connectivity index (χ0n) is 17.5. The summed E-state index contributed by atoms with van der Waals surface area (Å²) in [6.45, 7) is 2.82. The van der Waals surface area contributed by atoms with Crippen molar-refractivity contribution in [2.24, 2.45) is 4.99 Å². The van der Waals surface area contributed by atoms with Crippen molar-refractivity contribution in [3.8, 4) is 22.8 Å². The minimum atomic E-state index is 0. The van der Waals surface area contributed by atoms with Crippen LogP contribution in [0.3, 0.4) is 0 Å². The fraction of sp³-hybridized carbons (Fsp3) is 0.182. The summed E-state index contributed by atoms with van der Waals surface area (Å²) in [7, 11) is 1.68. The second-order valence-corrected chi connectivity index (χ2v) is 7.24. The number of benzene rings is 2. The molecule has 0 aliphatic rings. The Balaban J connectivity index is 0.00000289. The van der Waals surface area contributed by atoms with Gasteiger partial charge in [0, 0.05) is 23.2 Å². The van der Waals surface area contributed by atoms with Gasteiger partial charge in [0.05, 0.1) is 18.8 Å². The van der Waals surface area contributed by atoms with Crippen LogP contribution in [-0.4, -0.2) is 28.1 Å². The van der Waals surface area contributed by atoms with E-state index in [1.165, 1.54) is 5.56 Å². The maximum atomic E-state index is 5.91. The lowest BCUT2D eigenvalue weighted by molar-refractivity contribution is 0.375. The molecule has 166 valence electrons. The van der Waals surface area contributed by atoms with Crippen LogP contribution in [0.5, 0.6) is 0 Å². The average molecular weight is 565 g/mol. The summed E-state index contributed by atoms with van der Waals surface area (Å²) >= 11 is 5.91. The summed E-state index contributed by atoms with van der Waals surface area (Å²) in [6, 6.07) is 15.3. The quantitative estimate of drug-likeness (QED) is 0.196. The Morgan fingerprint density at radius 1 is 0.969 bits per heavy atom. The summed E-state index contributed by atoms with van der Waals surface area (Å²) in [6.07, 6.45) is 1.63. The van der Waals surface area contributed by atoms with E-state index in [2.05, 4.69) is 30.8 Å². The number of rotatable bonds is 6. The van der Waals surface area contributed by atoms with Gasteiger partial charge in [-0.2, -0.15) is 4.98 Å². The smallest absolute Gasteiger partial charge is 0.246 e. The zero-order chi connectivity index (χ0) is 21.6. The first-order valence-electron chi connectivity index (χ1n) is 9.65. The highest BCUT2D eigenvalue weighted by atomic mass is 127. The van der Waals surface area contributed by atoms with Gasteiger partial charge in [-0.05, 0) is 43.3 Å². The van der Waals surface area contributed by atoms with Gasteiger partial charge in [0.1, 0.15) is 6.26 Å². The van der Waals surface area contributed by atoms with Crippen molar-refractivity contribution in [1.29, 1.82) is 0 Å². The number of guanidine groups is 1. The number of aliphatic imine (C=N–C) groups is 1. The van der Waals surface area contributed by atoms with E-state index in [1.807, 2.05) is 43.3 Å². The monoisotopic (exact) mass is 564 g/mol. The van der Waals surface area contributed by atoms with Gasteiger partial charge in [0.15, 0.2) is 5.96 Å². The normalized spacial score (nSPS) is 11.2. The van der Waals surface area contributed by atoms with Crippen LogP contribution in [0.1, 0.15) is 17.1 Å². The molecule has 2 heterocycles. The molecule has 0 aliphatic carbocycles. The predicted octanol–water partition coefficient (Wildman–Crippen LogP) is 4.84. The van der Waals surface area contributed by atoms with E-state index < -0.39 is 0 Å². The summed E-state index contributed by atoms with van der Waals surface area (Å²) in [5, 5.41) is 11.0. The Kier molecular flexibility index (Phi) is 8.23. The van der Waals surface area contributed by atoms with Crippen molar-refractivity contribution in [2.45, 2.75) is 20.0 Å². The van der Waals surface area contributed by atoms with Crippen LogP contribution < -0.4 is 10.6 Å². The van der Waals surface area contributed by atoms with Gasteiger partial charge in [-0.25, -0.2) is 4.98 Å². The van der Waals surface area contributed by atoms with Crippen LogP contribution >= 0.6 is 35.6 Å². The van der Waals surface area contributed by atoms with Crippen molar-refractivity contribution in [1.82, 2.24) is 25.8 Å². The first-order chi connectivity index (χ1) is 15.1. The molecule has 2 aromatic carbocycles. The highest BCUT2D eigenvalue weighted by Crippen LogP contribution is 2.20. The third kappa shape index (κ3) is 6.07. The Morgan fingerprint density at radius 3 is 2.38 bits per heavy atom. The van der Waals surface area contributed by atoms with Crippen molar-refractivity contribution >= 4 is 41.5 Å². The molecule has 10 heteroatoms. The molecule has 0 unspecified atom stereocenters. The van der Waals surface area contributed by atoms with E-state index >= 15 is 0 Å². The maximum absolute atomic E-state index is 5.91. The standard InChI is InChI=1S/C22H21ClN6O2.HI/c1-14-3-5-16(6-4-14)21-27-18(13-30-21)11-25-22(24-2)26-12-19-28-20(29-31-19)15-7-9-17(23)10-8-15;/h3-10,13H,11-12H2,1-2H3,(H2,24,25,26);1H. The molecule has 0 amide bonds.